The number of nitrogens with two attached hydrogens (primary N) is 1. The Morgan fingerprint density at radius 1 is 1.18 bits per heavy atom. The van der Waals surface area contributed by atoms with E-state index in [1.54, 1.807) is 35.2 Å². The molecular formula is C23H24FN7O2S. The van der Waals surface area contributed by atoms with Crippen molar-refractivity contribution in [3.8, 4) is 11.3 Å². The van der Waals surface area contributed by atoms with Crippen LogP contribution in [0, 0.1) is 5.82 Å². The number of imidazole rings is 1. The van der Waals surface area contributed by atoms with Crippen molar-refractivity contribution < 1.29 is 12.8 Å². The molecule has 34 heavy (non-hydrogen) atoms. The zero-order valence-electron chi connectivity index (χ0n) is 18.5. The highest BCUT2D eigenvalue weighted by Crippen LogP contribution is 2.30. The maximum absolute atomic E-state index is 14.8. The van der Waals surface area contributed by atoms with Gasteiger partial charge < -0.3 is 16.0 Å². The predicted octanol–water partition coefficient (Wildman–Crippen LogP) is 3.00. The van der Waals surface area contributed by atoms with Crippen LogP contribution in [0.4, 0.5) is 21.7 Å². The summed E-state index contributed by atoms with van der Waals surface area (Å²) in [5.74, 6) is -0.221. The Balaban J connectivity index is 1.50. The predicted molar refractivity (Wildman–Crippen MR) is 128 cm³/mol. The molecule has 0 bridgehead atoms. The molecule has 9 nitrogen and oxygen atoms in total. The van der Waals surface area contributed by atoms with Gasteiger partial charge in [-0.25, -0.2) is 17.8 Å². The largest absolute Gasteiger partial charge is 0.368 e. The number of rotatable bonds is 5. The van der Waals surface area contributed by atoms with E-state index in [-0.39, 0.29) is 16.5 Å². The molecule has 0 unspecified atom stereocenters. The number of nitrogens with zero attached hydrogens (tertiary/aromatic N) is 5. The Hall–Kier alpha value is -3.57. The van der Waals surface area contributed by atoms with Gasteiger partial charge in [-0.15, -0.1) is 0 Å². The number of halogens is 1. The second-order valence-electron chi connectivity index (χ2n) is 8.42. The first-order valence-electron chi connectivity index (χ1n) is 10.9. The molecule has 4 aromatic rings. The lowest BCUT2D eigenvalue weighted by Gasteiger charge is -2.33. The molecule has 1 saturated heterocycles. The van der Waals surface area contributed by atoms with Crippen LogP contribution in [0.1, 0.15) is 12.8 Å². The molecular weight excluding hydrogens is 457 g/mol. The number of piperidine rings is 1. The molecule has 1 aliphatic rings. The van der Waals surface area contributed by atoms with E-state index in [1.165, 1.54) is 12.1 Å². The number of nitrogens with one attached hydrogen (secondary N) is 1. The zero-order chi connectivity index (χ0) is 23.9. The van der Waals surface area contributed by atoms with Crippen molar-refractivity contribution in [1.29, 1.82) is 0 Å². The molecule has 1 atom stereocenters. The van der Waals surface area contributed by atoms with Gasteiger partial charge in [-0.05, 0) is 49.2 Å². The number of hydrogen-bond acceptors (Lipinski definition) is 8. The fraction of sp³-hybridized carbons (Fsp3) is 0.261. The average Bonchev–Trinajstić information content (AvgIpc) is 3.21. The molecule has 0 aliphatic carbocycles. The SMILES string of the molecule is CS(=O)(=O)c1ccc(-c2ccc3cnc(Nc4cnccc4N4CCC[C@H](N)C4)n3n2)c(F)c1. The van der Waals surface area contributed by atoms with Crippen LogP contribution in [0.5, 0.6) is 0 Å². The van der Waals surface area contributed by atoms with E-state index in [0.717, 1.165) is 49.6 Å². The number of sulfone groups is 1. The molecule has 11 heteroatoms. The molecule has 4 heterocycles. The topological polar surface area (TPSA) is 119 Å². The van der Waals surface area contributed by atoms with Gasteiger partial charge in [0.15, 0.2) is 9.84 Å². The summed E-state index contributed by atoms with van der Waals surface area (Å²) in [6.07, 6.45) is 8.19. The summed E-state index contributed by atoms with van der Waals surface area (Å²) in [5.41, 5.74) is 9.16. The highest BCUT2D eigenvalue weighted by atomic mass is 32.2. The molecule has 5 rings (SSSR count). The molecule has 0 spiro atoms. The van der Waals surface area contributed by atoms with E-state index in [4.69, 9.17) is 5.73 Å². The summed E-state index contributed by atoms with van der Waals surface area (Å²) in [6.45, 7) is 1.66. The van der Waals surface area contributed by atoms with Crippen LogP contribution in [-0.4, -0.2) is 53.4 Å². The third-order valence-electron chi connectivity index (χ3n) is 5.87. The Morgan fingerprint density at radius 3 is 2.79 bits per heavy atom. The standard InChI is InChI=1S/C23H24FN7O2S/c1-34(32,33)17-5-6-18(19(24)11-17)20-7-4-16-12-27-23(31(16)29-20)28-21-13-26-9-8-22(21)30-10-2-3-15(25)14-30/h4-9,11-13,15H,2-3,10,14,25H2,1H3,(H,27,28)/t15-/m0/s1. The number of benzene rings is 1. The lowest BCUT2D eigenvalue weighted by Crippen LogP contribution is -2.43. The van der Waals surface area contributed by atoms with Gasteiger partial charge in [0.25, 0.3) is 0 Å². The van der Waals surface area contributed by atoms with Gasteiger partial charge in [0.1, 0.15) is 5.82 Å². The number of pyridine rings is 1. The van der Waals surface area contributed by atoms with Crippen LogP contribution >= 0.6 is 0 Å². The zero-order valence-corrected chi connectivity index (χ0v) is 19.3. The highest BCUT2D eigenvalue weighted by Gasteiger charge is 2.20. The van der Waals surface area contributed by atoms with E-state index >= 15 is 0 Å². The molecule has 1 aromatic carbocycles. The van der Waals surface area contributed by atoms with Crippen LogP contribution in [0.15, 0.2) is 59.9 Å². The van der Waals surface area contributed by atoms with E-state index < -0.39 is 15.7 Å². The molecule has 0 amide bonds. The Morgan fingerprint density at radius 2 is 2.03 bits per heavy atom. The monoisotopic (exact) mass is 481 g/mol. The molecule has 3 N–H and O–H groups in total. The maximum Gasteiger partial charge on any atom is 0.229 e. The van der Waals surface area contributed by atoms with Crippen LogP contribution in [0.2, 0.25) is 0 Å². The van der Waals surface area contributed by atoms with Crippen LogP contribution < -0.4 is 16.0 Å². The Labute approximate surface area is 196 Å². The molecule has 1 aliphatic heterocycles. The first-order chi connectivity index (χ1) is 16.3. The molecule has 1 fully saturated rings. The minimum absolute atomic E-state index is 0.0821. The quantitative estimate of drug-likeness (QED) is 0.447. The van der Waals surface area contributed by atoms with Crippen molar-refractivity contribution in [2.24, 2.45) is 5.73 Å². The van der Waals surface area contributed by atoms with E-state index in [0.29, 0.717) is 17.2 Å². The first kappa shape index (κ1) is 22.2. The summed E-state index contributed by atoms with van der Waals surface area (Å²) >= 11 is 0. The van der Waals surface area contributed by atoms with Gasteiger partial charge >= 0.3 is 0 Å². The summed E-state index contributed by atoms with van der Waals surface area (Å²) in [6, 6.07) is 9.31. The van der Waals surface area contributed by atoms with Gasteiger partial charge in [-0.2, -0.15) is 9.61 Å². The Kier molecular flexibility index (Phi) is 5.66. The van der Waals surface area contributed by atoms with Gasteiger partial charge in [-0.1, -0.05) is 0 Å². The second-order valence-corrected chi connectivity index (χ2v) is 10.4. The fourth-order valence-corrected chi connectivity index (χ4v) is 4.79. The van der Waals surface area contributed by atoms with Crippen LogP contribution in [0.3, 0.4) is 0 Å². The van der Waals surface area contributed by atoms with Crippen LogP contribution in [0.25, 0.3) is 16.8 Å². The summed E-state index contributed by atoms with van der Waals surface area (Å²) < 4.78 is 39.8. The van der Waals surface area contributed by atoms with Crippen molar-refractivity contribution >= 4 is 32.7 Å². The normalized spacial score (nSPS) is 16.7. The molecule has 0 saturated carbocycles. The summed E-state index contributed by atoms with van der Waals surface area (Å²) in [5, 5.41) is 7.86. The van der Waals surface area contributed by atoms with E-state index in [9.17, 15) is 12.8 Å². The number of anilines is 3. The summed E-state index contributed by atoms with van der Waals surface area (Å²) in [4.78, 5) is 10.8. The summed E-state index contributed by atoms with van der Waals surface area (Å²) in [7, 11) is -3.51. The maximum atomic E-state index is 14.8. The molecule has 3 aromatic heterocycles. The van der Waals surface area contributed by atoms with Gasteiger partial charge in [0.2, 0.25) is 5.95 Å². The third kappa shape index (κ3) is 4.31. The van der Waals surface area contributed by atoms with Crippen molar-refractivity contribution in [2.45, 2.75) is 23.8 Å². The van der Waals surface area contributed by atoms with Crippen molar-refractivity contribution in [3.63, 3.8) is 0 Å². The highest BCUT2D eigenvalue weighted by molar-refractivity contribution is 7.90. The first-order valence-corrected chi connectivity index (χ1v) is 12.7. The average molecular weight is 482 g/mol. The van der Waals surface area contributed by atoms with Gasteiger partial charge in [0, 0.05) is 37.1 Å². The van der Waals surface area contributed by atoms with Gasteiger partial charge in [-0.3, -0.25) is 4.98 Å². The second kappa shape index (κ2) is 8.65. The number of aromatic nitrogens is 4. The molecule has 176 valence electrons. The Bertz CT molecular complexity index is 1470. The fourth-order valence-electron chi connectivity index (χ4n) is 4.15. The third-order valence-corrected chi connectivity index (χ3v) is 6.98. The van der Waals surface area contributed by atoms with Gasteiger partial charge in [0.05, 0.1) is 39.9 Å². The van der Waals surface area contributed by atoms with E-state index in [1.807, 2.05) is 6.07 Å². The minimum Gasteiger partial charge on any atom is -0.368 e. The molecule has 0 radical (unpaired) electrons. The lowest BCUT2D eigenvalue weighted by molar-refractivity contribution is 0.506. The van der Waals surface area contributed by atoms with Crippen molar-refractivity contribution in [1.82, 2.24) is 19.6 Å². The van der Waals surface area contributed by atoms with Crippen molar-refractivity contribution in [3.05, 3.63) is 60.8 Å². The smallest absolute Gasteiger partial charge is 0.229 e. The minimum atomic E-state index is -3.51. The van der Waals surface area contributed by atoms with Crippen LogP contribution in [-0.2, 0) is 9.84 Å². The number of hydrogen-bond donors (Lipinski definition) is 2. The number of fused-ring (bicyclic) bond motifs is 1. The lowest BCUT2D eigenvalue weighted by atomic mass is 10.1. The van der Waals surface area contributed by atoms with E-state index in [2.05, 4.69) is 25.3 Å². The van der Waals surface area contributed by atoms with Crippen molar-refractivity contribution in [2.75, 3.05) is 29.6 Å².